The van der Waals surface area contributed by atoms with E-state index in [1.807, 2.05) is 17.5 Å². The highest BCUT2D eigenvalue weighted by Crippen LogP contribution is 2.38. The SMILES string of the molecule is C=CCONC(=O)N1C=CSC1c1ccncc1. The molecule has 1 aliphatic rings. The zero-order chi connectivity index (χ0) is 12.8. The van der Waals surface area contributed by atoms with Crippen molar-refractivity contribution in [2.45, 2.75) is 5.37 Å². The largest absolute Gasteiger partial charge is 0.346 e. The number of carbonyl (C=O) groups excluding carboxylic acids is 1. The molecule has 18 heavy (non-hydrogen) atoms. The molecule has 2 heterocycles. The minimum Gasteiger partial charge on any atom is -0.282 e. The van der Waals surface area contributed by atoms with E-state index in [0.717, 1.165) is 5.56 Å². The maximum Gasteiger partial charge on any atom is 0.346 e. The Hall–Kier alpha value is -1.79. The van der Waals surface area contributed by atoms with E-state index in [1.165, 1.54) is 0 Å². The van der Waals surface area contributed by atoms with Gasteiger partial charge in [0.25, 0.3) is 0 Å². The minimum absolute atomic E-state index is 0.0830. The van der Waals surface area contributed by atoms with Crippen molar-refractivity contribution in [2.24, 2.45) is 0 Å². The Morgan fingerprint density at radius 2 is 2.39 bits per heavy atom. The number of nitrogens with one attached hydrogen (secondary N) is 1. The molecule has 1 N–H and O–H groups in total. The van der Waals surface area contributed by atoms with Gasteiger partial charge in [0.2, 0.25) is 0 Å². The lowest BCUT2D eigenvalue weighted by molar-refractivity contribution is 0.0700. The van der Waals surface area contributed by atoms with Crippen molar-refractivity contribution in [3.8, 4) is 0 Å². The first kappa shape index (κ1) is 12.7. The maximum atomic E-state index is 11.9. The summed E-state index contributed by atoms with van der Waals surface area (Å²) in [7, 11) is 0. The number of carbonyl (C=O) groups is 1. The Morgan fingerprint density at radius 1 is 1.61 bits per heavy atom. The van der Waals surface area contributed by atoms with Crippen LogP contribution in [0.4, 0.5) is 4.79 Å². The molecule has 1 aliphatic heterocycles. The average Bonchev–Trinajstić information content (AvgIpc) is 2.89. The molecule has 0 aromatic carbocycles. The molecule has 0 fully saturated rings. The number of aromatic nitrogens is 1. The fourth-order valence-electron chi connectivity index (χ4n) is 1.48. The van der Waals surface area contributed by atoms with Crippen LogP contribution >= 0.6 is 11.8 Å². The molecule has 0 aliphatic carbocycles. The van der Waals surface area contributed by atoms with Crippen LogP contribution in [0.2, 0.25) is 0 Å². The molecule has 0 spiro atoms. The molecule has 0 saturated carbocycles. The smallest absolute Gasteiger partial charge is 0.282 e. The third-order valence-electron chi connectivity index (χ3n) is 2.27. The van der Waals surface area contributed by atoms with Crippen molar-refractivity contribution in [1.29, 1.82) is 0 Å². The van der Waals surface area contributed by atoms with Crippen molar-refractivity contribution < 1.29 is 9.63 Å². The topological polar surface area (TPSA) is 54.5 Å². The molecular formula is C12H13N3O2S. The van der Waals surface area contributed by atoms with Crippen LogP contribution in [-0.4, -0.2) is 22.5 Å². The monoisotopic (exact) mass is 263 g/mol. The lowest BCUT2D eigenvalue weighted by atomic mass is 10.2. The number of thioether (sulfide) groups is 1. The fraction of sp³-hybridized carbons (Fsp3) is 0.167. The second-order valence-corrected chi connectivity index (χ2v) is 4.46. The summed E-state index contributed by atoms with van der Waals surface area (Å²) in [6.45, 7) is 3.78. The van der Waals surface area contributed by atoms with E-state index >= 15 is 0 Å². The third-order valence-corrected chi connectivity index (χ3v) is 3.30. The summed E-state index contributed by atoms with van der Waals surface area (Å²) < 4.78 is 0. The van der Waals surface area contributed by atoms with Crippen molar-refractivity contribution in [3.63, 3.8) is 0 Å². The van der Waals surface area contributed by atoms with Gasteiger partial charge in [-0.1, -0.05) is 6.08 Å². The average molecular weight is 263 g/mol. The molecule has 1 unspecified atom stereocenters. The van der Waals surface area contributed by atoms with Crippen LogP contribution < -0.4 is 5.48 Å². The van der Waals surface area contributed by atoms with Gasteiger partial charge >= 0.3 is 6.03 Å². The lowest BCUT2D eigenvalue weighted by Gasteiger charge is -2.22. The Balaban J connectivity index is 2.01. The number of urea groups is 1. The van der Waals surface area contributed by atoms with E-state index < -0.39 is 0 Å². The highest BCUT2D eigenvalue weighted by molar-refractivity contribution is 8.02. The Kier molecular flexibility index (Phi) is 4.38. The molecule has 2 rings (SSSR count). The van der Waals surface area contributed by atoms with Gasteiger partial charge in [-0.2, -0.15) is 0 Å². The summed E-state index contributed by atoms with van der Waals surface area (Å²) in [5.41, 5.74) is 3.37. The van der Waals surface area contributed by atoms with Crippen LogP contribution in [0.15, 0.2) is 48.8 Å². The Bertz CT molecular complexity index is 450. The zero-order valence-electron chi connectivity index (χ0n) is 9.65. The minimum atomic E-state index is -0.306. The first-order valence-corrected chi connectivity index (χ1v) is 6.30. The van der Waals surface area contributed by atoms with E-state index in [1.54, 1.807) is 41.3 Å². The molecule has 0 radical (unpaired) electrons. The normalized spacial score (nSPS) is 17.8. The molecule has 94 valence electrons. The molecule has 0 bridgehead atoms. The molecule has 0 saturated heterocycles. The van der Waals surface area contributed by atoms with Crippen LogP contribution in [0.5, 0.6) is 0 Å². The number of hydrogen-bond acceptors (Lipinski definition) is 4. The van der Waals surface area contributed by atoms with Gasteiger partial charge in [-0.05, 0) is 23.1 Å². The first-order valence-electron chi connectivity index (χ1n) is 5.36. The van der Waals surface area contributed by atoms with Gasteiger partial charge in [-0.15, -0.1) is 18.3 Å². The second-order valence-electron chi connectivity index (χ2n) is 3.47. The number of rotatable bonds is 4. The molecule has 1 aromatic heterocycles. The Morgan fingerprint density at radius 3 is 3.11 bits per heavy atom. The van der Waals surface area contributed by atoms with Gasteiger partial charge in [-0.3, -0.25) is 14.7 Å². The first-order chi connectivity index (χ1) is 8.83. The summed E-state index contributed by atoms with van der Waals surface area (Å²) in [5.74, 6) is 0. The van der Waals surface area contributed by atoms with Gasteiger partial charge in [0.05, 0.1) is 6.61 Å². The van der Waals surface area contributed by atoms with Crippen molar-refractivity contribution >= 4 is 17.8 Å². The molecule has 6 heteroatoms. The van der Waals surface area contributed by atoms with Gasteiger partial charge in [0, 0.05) is 18.6 Å². The van der Waals surface area contributed by atoms with Gasteiger partial charge < -0.3 is 0 Å². The van der Waals surface area contributed by atoms with E-state index in [-0.39, 0.29) is 18.0 Å². The second kappa shape index (κ2) is 6.23. The summed E-state index contributed by atoms with van der Waals surface area (Å²) in [4.78, 5) is 22.3. The standard InChI is InChI=1S/C12H13N3O2S/c1-2-8-17-14-12(16)15-7-9-18-11(15)10-3-5-13-6-4-10/h2-7,9,11H,1,8H2,(H,14,16). The number of hydroxylamine groups is 1. The summed E-state index contributed by atoms with van der Waals surface area (Å²) >= 11 is 1.55. The lowest BCUT2D eigenvalue weighted by Crippen LogP contribution is -2.36. The van der Waals surface area contributed by atoms with Crippen LogP contribution in [0, 0.1) is 0 Å². The van der Waals surface area contributed by atoms with Crippen LogP contribution in [0.3, 0.4) is 0 Å². The summed E-state index contributed by atoms with van der Waals surface area (Å²) in [5, 5.41) is 1.79. The molecular weight excluding hydrogens is 250 g/mol. The molecule has 1 aromatic rings. The zero-order valence-corrected chi connectivity index (χ0v) is 10.5. The highest BCUT2D eigenvalue weighted by Gasteiger charge is 2.27. The van der Waals surface area contributed by atoms with Crippen LogP contribution in [0.25, 0.3) is 0 Å². The van der Waals surface area contributed by atoms with Gasteiger partial charge in [-0.25, -0.2) is 10.3 Å². The number of amides is 2. The predicted molar refractivity (Wildman–Crippen MR) is 70.2 cm³/mol. The summed E-state index contributed by atoms with van der Waals surface area (Å²) in [6.07, 6.45) is 6.70. The molecule has 2 amide bonds. The quantitative estimate of drug-likeness (QED) is 0.515. The van der Waals surface area contributed by atoms with Crippen molar-refractivity contribution in [1.82, 2.24) is 15.4 Å². The van der Waals surface area contributed by atoms with Crippen molar-refractivity contribution in [3.05, 3.63) is 54.4 Å². The van der Waals surface area contributed by atoms with Crippen LogP contribution in [0.1, 0.15) is 10.9 Å². The number of hydrogen-bond donors (Lipinski definition) is 1. The third kappa shape index (κ3) is 2.91. The number of pyridine rings is 1. The van der Waals surface area contributed by atoms with Crippen molar-refractivity contribution in [2.75, 3.05) is 6.61 Å². The van der Waals surface area contributed by atoms with E-state index in [9.17, 15) is 4.79 Å². The Labute approximate surface area is 109 Å². The highest BCUT2D eigenvalue weighted by atomic mass is 32.2. The molecule has 5 nitrogen and oxygen atoms in total. The predicted octanol–water partition coefficient (Wildman–Crippen LogP) is 2.43. The van der Waals surface area contributed by atoms with Crippen LogP contribution in [-0.2, 0) is 4.84 Å². The van der Waals surface area contributed by atoms with E-state index in [0.29, 0.717) is 0 Å². The summed E-state index contributed by atoms with van der Waals surface area (Å²) in [6, 6.07) is 3.46. The molecule has 1 atom stereocenters. The fourth-order valence-corrected chi connectivity index (χ4v) is 2.44. The van der Waals surface area contributed by atoms with E-state index in [4.69, 9.17) is 4.84 Å². The van der Waals surface area contributed by atoms with Gasteiger partial charge in [0.1, 0.15) is 5.37 Å². The number of nitrogens with zero attached hydrogens (tertiary/aromatic N) is 2. The van der Waals surface area contributed by atoms with Gasteiger partial charge in [0.15, 0.2) is 0 Å². The van der Waals surface area contributed by atoms with E-state index in [2.05, 4.69) is 17.0 Å². The maximum absolute atomic E-state index is 11.9.